The number of nitriles is 1. The molecule has 32 heavy (non-hydrogen) atoms. The molecular formula is C25H22Cl2N4O. The van der Waals surface area contributed by atoms with Crippen molar-refractivity contribution in [1.82, 2.24) is 15.1 Å². The third-order valence-electron chi connectivity index (χ3n) is 6.71. The Morgan fingerprint density at radius 3 is 2.56 bits per heavy atom. The molecule has 162 valence electrons. The van der Waals surface area contributed by atoms with Crippen LogP contribution >= 0.6 is 23.2 Å². The summed E-state index contributed by atoms with van der Waals surface area (Å²) in [5.74, 6) is 1.03. The average molecular weight is 465 g/mol. The number of fused-ring (bicyclic) bond motifs is 2. The second kappa shape index (κ2) is 8.61. The third-order valence-corrected chi connectivity index (χ3v) is 7.28. The molecule has 3 aromatic rings. The van der Waals surface area contributed by atoms with Crippen LogP contribution in [0.4, 0.5) is 0 Å². The summed E-state index contributed by atoms with van der Waals surface area (Å²) in [4.78, 5) is 13.4. The van der Waals surface area contributed by atoms with Gasteiger partial charge in [0.1, 0.15) is 0 Å². The van der Waals surface area contributed by atoms with Crippen molar-refractivity contribution in [3.05, 3.63) is 69.8 Å². The van der Waals surface area contributed by atoms with Gasteiger partial charge in [-0.3, -0.25) is 4.79 Å². The maximum atomic E-state index is 13.4. The van der Waals surface area contributed by atoms with Crippen LogP contribution in [0.1, 0.15) is 41.7 Å². The minimum absolute atomic E-state index is 0.0574. The van der Waals surface area contributed by atoms with Crippen LogP contribution in [0.2, 0.25) is 10.0 Å². The van der Waals surface area contributed by atoms with Gasteiger partial charge in [-0.25, -0.2) is 4.68 Å². The molecule has 5 rings (SSSR count). The number of aromatic nitrogens is 2. The molecule has 2 aliphatic rings. The molecule has 0 unspecified atom stereocenters. The summed E-state index contributed by atoms with van der Waals surface area (Å²) in [6.45, 7) is 0. The van der Waals surface area contributed by atoms with Crippen LogP contribution in [0, 0.1) is 23.2 Å². The number of carbonyl (C=O) groups is 1. The number of carbonyl (C=O) groups excluding carboxylic acids is 1. The summed E-state index contributed by atoms with van der Waals surface area (Å²) >= 11 is 12.6. The molecule has 2 bridgehead atoms. The minimum Gasteiger partial charge on any atom is -0.348 e. The molecular weight excluding hydrogens is 443 g/mol. The van der Waals surface area contributed by atoms with E-state index in [0.717, 1.165) is 12.0 Å². The molecule has 5 nitrogen and oxygen atoms in total. The SMILES string of the molecule is N#CCc1c(C(=O)N[C@@H]2C[C@H]3CC[C@@H]2C3)nn(-c2ccccc2Cl)c1-c1ccc(Cl)cc1. The van der Waals surface area contributed by atoms with Crippen molar-refractivity contribution < 1.29 is 4.79 Å². The van der Waals surface area contributed by atoms with Crippen LogP contribution in [0.3, 0.4) is 0 Å². The van der Waals surface area contributed by atoms with E-state index in [-0.39, 0.29) is 24.1 Å². The smallest absolute Gasteiger partial charge is 0.272 e. The minimum atomic E-state index is -0.228. The van der Waals surface area contributed by atoms with Crippen LogP contribution < -0.4 is 5.32 Å². The lowest BCUT2D eigenvalue weighted by Gasteiger charge is -2.22. The molecule has 2 saturated carbocycles. The maximum absolute atomic E-state index is 13.4. The normalized spacial score (nSPS) is 21.5. The summed E-state index contributed by atoms with van der Waals surface area (Å²) in [7, 11) is 0. The Hall–Kier alpha value is -2.81. The van der Waals surface area contributed by atoms with E-state index in [1.54, 1.807) is 22.9 Å². The first kappa shape index (κ1) is 21.1. The van der Waals surface area contributed by atoms with Crippen molar-refractivity contribution in [2.45, 2.75) is 38.1 Å². The molecule has 1 aromatic heterocycles. The molecule has 2 fully saturated rings. The van der Waals surface area contributed by atoms with Crippen molar-refractivity contribution in [3.8, 4) is 23.0 Å². The highest BCUT2D eigenvalue weighted by Gasteiger charge is 2.40. The number of para-hydroxylation sites is 1. The monoisotopic (exact) mass is 464 g/mol. The Kier molecular flexibility index (Phi) is 5.67. The first-order valence-corrected chi connectivity index (χ1v) is 11.6. The van der Waals surface area contributed by atoms with Gasteiger partial charge in [-0.2, -0.15) is 10.4 Å². The standard InChI is InChI=1S/C25H22Cl2N4O/c26-18-9-7-16(8-10-18)24-19(11-12-28)23(30-31(24)22-4-2-1-3-20(22)27)25(32)29-21-14-15-5-6-17(21)13-15/h1-4,7-10,15,17,21H,5-6,11,13-14H2,(H,29,32)/t15-,17+,21+/m0/s1. The molecule has 2 aromatic carbocycles. The Bertz CT molecular complexity index is 1210. The highest BCUT2D eigenvalue weighted by atomic mass is 35.5. The van der Waals surface area contributed by atoms with E-state index in [2.05, 4.69) is 11.4 Å². The summed E-state index contributed by atoms with van der Waals surface area (Å²) in [5.41, 5.74) is 3.01. The molecule has 0 spiro atoms. The van der Waals surface area contributed by atoms with Gasteiger partial charge in [-0.05, 0) is 55.4 Å². The van der Waals surface area contributed by atoms with E-state index in [9.17, 15) is 10.1 Å². The number of rotatable bonds is 5. The van der Waals surface area contributed by atoms with Gasteiger partial charge in [0.15, 0.2) is 5.69 Å². The molecule has 0 aliphatic heterocycles. The third kappa shape index (κ3) is 3.79. The van der Waals surface area contributed by atoms with Gasteiger partial charge in [-0.15, -0.1) is 0 Å². The van der Waals surface area contributed by atoms with Gasteiger partial charge in [-0.1, -0.05) is 53.9 Å². The largest absolute Gasteiger partial charge is 0.348 e. The van der Waals surface area contributed by atoms with E-state index < -0.39 is 0 Å². The van der Waals surface area contributed by atoms with Crippen molar-refractivity contribution >= 4 is 29.1 Å². The lowest BCUT2D eigenvalue weighted by atomic mass is 9.95. The van der Waals surface area contributed by atoms with Crippen LogP contribution in [0.25, 0.3) is 16.9 Å². The topological polar surface area (TPSA) is 70.7 Å². The maximum Gasteiger partial charge on any atom is 0.272 e. The lowest BCUT2D eigenvalue weighted by molar-refractivity contribution is 0.0916. The number of halogens is 2. The molecule has 1 heterocycles. The number of benzene rings is 2. The van der Waals surface area contributed by atoms with Crippen LogP contribution in [-0.4, -0.2) is 21.7 Å². The Labute approximate surface area is 197 Å². The number of nitrogens with one attached hydrogen (secondary N) is 1. The highest BCUT2D eigenvalue weighted by molar-refractivity contribution is 6.32. The van der Waals surface area contributed by atoms with Gasteiger partial charge in [0, 0.05) is 22.2 Å². The van der Waals surface area contributed by atoms with E-state index in [1.165, 1.54) is 19.3 Å². The van der Waals surface area contributed by atoms with Crippen molar-refractivity contribution in [2.24, 2.45) is 11.8 Å². The van der Waals surface area contributed by atoms with E-state index in [1.807, 2.05) is 30.3 Å². The zero-order valence-corrected chi connectivity index (χ0v) is 18.9. The summed E-state index contributed by atoms with van der Waals surface area (Å²) in [6.07, 6.45) is 4.71. The second-order valence-electron chi connectivity index (χ2n) is 8.64. The summed E-state index contributed by atoms with van der Waals surface area (Å²) in [5, 5.41) is 18.6. The number of hydrogen-bond acceptors (Lipinski definition) is 3. The van der Waals surface area contributed by atoms with Gasteiger partial charge in [0.05, 0.1) is 28.9 Å². The fourth-order valence-corrected chi connectivity index (χ4v) is 5.58. The quantitative estimate of drug-likeness (QED) is 0.515. The Morgan fingerprint density at radius 2 is 1.91 bits per heavy atom. The van der Waals surface area contributed by atoms with Gasteiger partial charge in [0.25, 0.3) is 5.91 Å². The van der Waals surface area contributed by atoms with E-state index >= 15 is 0 Å². The van der Waals surface area contributed by atoms with Crippen LogP contribution in [0.15, 0.2) is 48.5 Å². The molecule has 1 amide bonds. The molecule has 3 atom stereocenters. The zero-order valence-electron chi connectivity index (χ0n) is 17.4. The van der Waals surface area contributed by atoms with Crippen molar-refractivity contribution in [1.29, 1.82) is 5.26 Å². The molecule has 1 N–H and O–H groups in total. The number of hydrogen-bond donors (Lipinski definition) is 1. The molecule has 2 aliphatic carbocycles. The van der Waals surface area contributed by atoms with Gasteiger partial charge >= 0.3 is 0 Å². The second-order valence-corrected chi connectivity index (χ2v) is 9.48. The lowest BCUT2D eigenvalue weighted by Crippen LogP contribution is -2.39. The molecule has 0 saturated heterocycles. The first-order valence-electron chi connectivity index (χ1n) is 10.9. The van der Waals surface area contributed by atoms with Crippen LogP contribution in [-0.2, 0) is 6.42 Å². The van der Waals surface area contributed by atoms with Gasteiger partial charge < -0.3 is 5.32 Å². The molecule has 7 heteroatoms. The fourth-order valence-electron chi connectivity index (χ4n) is 5.24. The van der Waals surface area contributed by atoms with Crippen molar-refractivity contribution in [3.63, 3.8) is 0 Å². The van der Waals surface area contributed by atoms with Crippen molar-refractivity contribution in [2.75, 3.05) is 0 Å². The zero-order chi connectivity index (χ0) is 22.2. The highest BCUT2D eigenvalue weighted by Crippen LogP contribution is 2.44. The fraction of sp³-hybridized carbons (Fsp3) is 0.320. The predicted molar refractivity (Wildman–Crippen MR) is 125 cm³/mol. The van der Waals surface area contributed by atoms with E-state index in [4.69, 9.17) is 28.3 Å². The Balaban J connectivity index is 1.62. The first-order chi connectivity index (χ1) is 15.5. The summed E-state index contributed by atoms with van der Waals surface area (Å²) < 4.78 is 1.67. The van der Waals surface area contributed by atoms with E-state index in [0.29, 0.717) is 38.8 Å². The summed E-state index contributed by atoms with van der Waals surface area (Å²) in [6, 6.07) is 17.0. The average Bonchev–Trinajstić information content (AvgIpc) is 3.50. The molecule has 0 radical (unpaired) electrons. The number of nitrogens with zero attached hydrogens (tertiary/aromatic N) is 3. The van der Waals surface area contributed by atoms with Crippen LogP contribution in [0.5, 0.6) is 0 Å². The predicted octanol–water partition coefficient (Wildman–Crippen LogP) is 5.83. The van der Waals surface area contributed by atoms with Gasteiger partial charge in [0.2, 0.25) is 0 Å². The Morgan fingerprint density at radius 1 is 1.12 bits per heavy atom. The number of amides is 1.